The molecule has 1 aliphatic heterocycles. The molecule has 114 valence electrons. The molecule has 2 rings (SSSR count). The Morgan fingerprint density at radius 3 is 2.38 bits per heavy atom. The smallest absolute Gasteiger partial charge is 0.324 e. The van der Waals surface area contributed by atoms with Crippen molar-refractivity contribution in [1.82, 2.24) is 10.2 Å². The number of carbonyl (C=O) groups excluding carboxylic acids is 2. The number of nitrogens with one attached hydrogen (secondary N) is 2. The minimum atomic E-state index is -0.436. The van der Waals surface area contributed by atoms with E-state index in [9.17, 15) is 9.59 Å². The van der Waals surface area contributed by atoms with Crippen molar-refractivity contribution in [3.05, 3.63) is 29.8 Å². The molecule has 2 N–H and O–H groups in total. The quantitative estimate of drug-likeness (QED) is 0.898. The van der Waals surface area contributed by atoms with E-state index in [-0.39, 0.29) is 17.4 Å². The van der Waals surface area contributed by atoms with Crippen molar-refractivity contribution in [2.75, 3.05) is 18.4 Å². The maximum absolute atomic E-state index is 12.2. The first-order valence-corrected chi connectivity index (χ1v) is 7.25. The second-order valence-corrected chi connectivity index (χ2v) is 6.42. The molecule has 0 spiro atoms. The Kier molecular flexibility index (Phi) is 4.21. The van der Waals surface area contributed by atoms with Gasteiger partial charge in [-0.1, -0.05) is 32.9 Å². The van der Waals surface area contributed by atoms with Crippen molar-refractivity contribution in [1.29, 1.82) is 0 Å². The molecule has 5 nitrogen and oxygen atoms in total. The molecular formula is C16H23N3O2. The summed E-state index contributed by atoms with van der Waals surface area (Å²) in [6, 6.07) is 7.30. The summed E-state index contributed by atoms with van der Waals surface area (Å²) in [4.78, 5) is 24.9. The molecule has 0 saturated carbocycles. The molecule has 1 aliphatic rings. The van der Waals surface area contributed by atoms with E-state index in [1.807, 2.05) is 12.1 Å². The first kappa shape index (κ1) is 15.4. The third kappa shape index (κ3) is 3.54. The molecule has 1 aromatic rings. The van der Waals surface area contributed by atoms with E-state index < -0.39 is 6.04 Å². The highest BCUT2D eigenvalue weighted by Crippen LogP contribution is 2.23. The first-order chi connectivity index (χ1) is 9.79. The zero-order valence-corrected chi connectivity index (χ0v) is 13.1. The largest absolute Gasteiger partial charge is 0.374 e. The van der Waals surface area contributed by atoms with Crippen LogP contribution in [0, 0.1) is 0 Å². The lowest BCUT2D eigenvalue weighted by Gasteiger charge is -2.22. The highest BCUT2D eigenvalue weighted by atomic mass is 16.2. The van der Waals surface area contributed by atoms with Crippen LogP contribution in [0.25, 0.3) is 0 Å². The molecular weight excluding hydrogens is 266 g/mol. The lowest BCUT2D eigenvalue weighted by atomic mass is 9.87. The lowest BCUT2D eigenvalue weighted by Crippen LogP contribution is -2.43. The summed E-state index contributed by atoms with van der Waals surface area (Å²) in [5.41, 5.74) is 2.22. The summed E-state index contributed by atoms with van der Waals surface area (Å²) < 4.78 is 0. The van der Waals surface area contributed by atoms with Gasteiger partial charge in [-0.15, -0.1) is 0 Å². The van der Waals surface area contributed by atoms with Crippen LogP contribution in [0.5, 0.6) is 0 Å². The predicted octanol–water partition coefficient (Wildman–Crippen LogP) is 2.34. The number of anilines is 1. The number of imide groups is 1. The molecule has 0 bridgehead atoms. The van der Waals surface area contributed by atoms with E-state index in [1.54, 1.807) is 6.92 Å². The van der Waals surface area contributed by atoms with E-state index in [1.165, 1.54) is 10.5 Å². The maximum atomic E-state index is 12.2. The van der Waals surface area contributed by atoms with Crippen LogP contribution in [-0.4, -0.2) is 36.0 Å². The fourth-order valence-corrected chi connectivity index (χ4v) is 2.29. The Labute approximate surface area is 125 Å². The van der Waals surface area contributed by atoms with Crippen LogP contribution in [0.4, 0.5) is 10.5 Å². The highest BCUT2D eigenvalue weighted by Gasteiger charge is 2.29. The van der Waals surface area contributed by atoms with Gasteiger partial charge in [0.05, 0.1) is 0 Å². The lowest BCUT2D eigenvalue weighted by molar-refractivity contribution is -0.128. The highest BCUT2D eigenvalue weighted by molar-refractivity contribution is 5.99. The monoisotopic (exact) mass is 289 g/mol. The van der Waals surface area contributed by atoms with Gasteiger partial charge >= 0.3 is 6.03 Å². The summed E-state index contributed by atoms with van der Waals surface area (Å²) in [6.45, 7) is 9.21. The van der Waals surface area contributed by atoms with Crippen LogP contribution < -0.4 is 10.6 Å². The van der Waals surface area contributed by atoms with E-state index in [2.05, 4.69) is 43.5 Å². The van der Waals surface area contributed by atoms with Crippen molar-refractivity contribution in [2.45, 2.75) is 39.2 Å². The van der Waals surface area contributed by atoms with Crippen LogP contribution in [0.2, 0.25) is 0 Å². The van der Waals surface area contributed by atoms with Gasteiger partial charge in [0.1, 0.15) is 6.04 Å². The summed E-state index contributed by atoms with van der Waals surface area (Å²) in [5.74, 6) is -0.204. The standard InChI is InChI=1S/C16H23N3O2/c1-11(14(20)19-10-9-17-15(19)21)18-13-7-5-12(6-8-13)16(2,3)4/h5-8,11,18H,9-10H2,1-4H3,(H,17,21)/t11-/m0/s1. The second kappa shape index (κ2) is 5.76. The van der Waals surface area contributed by atoms with Gasteiger partial charge in [0, 0.05) is 18.8 Å². The minimum absolute atomic E-state index is 0.105. The molecule has 1 aromatic carbocycles. The van der Waals surface area contributed by atoms with Gasteiger partial charge in [0.2, 0.25) is 0 Å². The van der Waals surface area contributed by atoms with Gasteiger partial charge < -0.3 is 10.6 Å². The normalized spacial score (nSPS) is 16.6. The van der Waals surface area contributed by atoms with E-state index in [0.29, 0.717) is 13.1 Å². The van der Waals surface area contributed by atoms with Crippen molar-refractivity contribution in [3.63, 3.8) is 0 Å². The molecule has 3 amide bonds. The molecule has 0 aromatic heterocycles. The van der Waals surface area contributed by atoms with E-state index >= 15 is 0 Å². The Morgan fingerprint density at radius 1 is 1.29 bits per heavy atom. The first-order valence-electron chi connectivity index (χ1n) is 7.25. The number of carbonyl (C=O) groups is 2. The molecule has 21 heavy (non-hydrogen) atoms. The third-order valence-electron chi connectivity index (χ3n) is 3.63. The average Bonchev–Trinajstić information content (AvgIpc) is 2.83. The van der Waals surface area contributed by atoms with Gasteiger partial charge in [0.15, 0.2) is 0 Å². The third-order valence-corrected chi connectivity index (χ3v) is 3.63. The van der Waals surface area contributed by atoms with Crippen LogP contribution in [0.3, 0.4) is 0 Å². The second-order valence-electron chi connectivity index (χ2n) is 6.42. The fourth-order valence-electron chi connectivity index (χ4n) is 2.29. The Hall–Kier alpha value is -2.04. The van der Waals surface area contributed by atoms with Crippen molar-refractivity contribution in [2.24, 2.45) is 0 Å². The Balaban J connectivity index is 2.01. The number of hydrogen-bond acceptors (Lipinski definition) is 3. The summed E-state index contributed by atoms with van der Waals surface area (Å²) in [6.07, 6.45) is 0. The van der Waals surface area contributed by atoms with Crippen molar-refractivity contribution in [3.8, 4) is 0 Å². The zero-order valence-electron chi connectivity index (χ0n) is 13.1. The van der Waals surface area contributed by atoms with Gasteiger partial charge in [-0.05, 0) is 30.0 Å². The number of nitrogens with zero attached hydrogens (tertiary/aromatic N) is 1. The van der Waals surface area contributed by atoms with Crippen LogP contribution in [0.1, 0.15) is 33.3 Å². The molecule has 1 atom stereocenters. The maximum Gasteiger partial charge on any atom is 0.324 e. The predicted molar refractivity (Wildman–Crippen MR) is 83.3 cm³/mol. The van der Waals surface area contributed by atoms with Crippen LogP contribution in [-0.2, 0) is 10.2 Å². The van der Waals surface area contributed by atoms with Crippen molar-refractivity contribution >= 4 is 17.6 Å². The van der Waals surface area contributed by atoms with Crippen LogP contribution in [0.15, 0.2) is 24.3 Å². The van der Waals surface area contributed by atoms with Gasteiger partial charge in [-0.3, -0.25) is 9.69 Å². The summed E-state index contributed by atoms with van der Waals surface area (Å²) in [5, 5.41) is 5.78. The van der Waals surface area contributed by atoms with Crippen molar-refractivity contribution < 1.29 is 9.59 Å². The van der Waals surface area contributed by atoms with Gasteiger partial charge in [0.25, 0.3) is 5.91 Å². The van der Waals surface area contributed by atoms with E-state index in [0.717, 1.165) is 5.69 Å². The Morgan fingerprint density at radius 2 is 1.90 bits per heavy atom. The molecule has 0 unspecified atom stereocenters. The molecule has 1 heterocycles. The number of rotatable bonds is 3. The number of hydrogen-bond donors (Lipinski definition) is 2. The molecule has 1 fully saturated rings. The van der Waals surface area contributed by atoms with Crippen LogP contribution >= 0.6 is 0 Å². The van der Waals surface area contributed by atoms with Gasteiger partial charge in [-0.25, -0.2) is 4.79 Å². The number of benzene rings is 1. The molecule has 0 aliphatic carbocycles. The molecule has 0 radical (unpaired) electrons. The summed E-state index contributed by atoms with van der Waals surface area (Å²) >= 11 is 0. The topological polar surface area (TPSA) is 61.4 Å². The minimum Gasteiger partial charge on any atom is -0.374 e. The zero-order chi connectivity index (χ0) is 15.6. The molecule has 5 heteroatoms. The Bertz CT molecular complexity index is 531. The number of amides is 3. The van der Waals surface area contributed by atoms with Gasteiger partial charge in [-0.2, -0.15) is 0 Å². The SMILES string of the molecule is C[C@H](Nc1ccc(C(C)(C)C)cc1)C(=O)N1CCNC1=O. The van der Waals surface area contributed by atoms with E-state index in [4.69, 9.17) is 0 Å². The average molecular weight is 289 g/mol. The molecule has 1 saturated heterocycles. The number of urea groups is 1. The fraction of sp³-hybridized carbons (Fsp3) is 0.500. The summed E-state index contributed by atoms with van der Waals surface area (Å²) in [7, 11) is 0.